The molecule has 0 radical (unpaired) electrons. The summed E-state index contributed by atoms with van der Waals surface area (Å²) in [5, 5.41) is 6.44. The molecule has 5 nitrogen and oxygen atoms in total. The van der Waals surface area contributed by atoms with Crippen molar-refractivity contribution in [3.05, 3.63) is 0 Å². The van der Waals surface area contributed by atoms with Crippen LogP contribution < -0.4 is 10.6 Å². The molecule has 22 heavy (non-hydrogen) atoms. The normalized spacial score (nSPS) is 29.1. The molecule has 0 aromatic rings. The minimum absolute atomic E-state index is 0. The van der Waals surface area contributed by atoms with Gasteiger partial charge in [0.2, 0.25) is 5.91 Å². The number of rotatable bonds is 7. The Morgan fingerprint density at radius 3 is 2.91 bits per heavy atom. The molecule has 1 aliphatic carbocycles. The number of amides is 1. The fourth-order valence-electron chi connectivity index (χ4n) is 3.70. The monoisotopic (exact) mass is 332 g/mol. The Morgan fingerprint density at radius 1 is 1.36 bits per heavy atom. The molecule has 2 unspecified atom stereocenters. The summed E-state index contributed by atoms with van der Waals surface area (Å²) in [6, 6.07) is 0. The molecular formula is C16H29ClN2O3. The van der Waals surface area contributed by atoms with Crippen LogP contribution in [-0.2, 0) is 14.3 Å². The lowest BCUT2D eigenvalue weighted by Gasteiger charge is -2.23. The molecule has 3 fully saturated rings. The first-order valence-electron chi connectivity index (χ1n) is 8.48. The summed E-state index contributed by atoms with van der Waals surface area (Å²) in [6.45, 7) is 5.16. The largest absolute Gasteiger partial charge is 0.379 e. The fourth-order valence-corrected chi connectivity index (χ4v) is 3.70. The maximum atomic E-state index is 12.1. The van der Waals surface area contributed by atoms with E-state index in [1.807, 2.05) is 0 Å². The van der Waals surface area contributed by atoms with Gasteiger partial charge in [0.15, 0.2) is 0 Å². The molecule has 3 rings (SSSR count). The van der Waals surface area contributed by atoms with Gasteiger partial charge in [-0.2, -0.15) is 0 Å². The molecule has 2 saturated heterocycles. The third kappa shape index (κ3) is 4.57. The van der Waals surface area contributed by atoms with E-state index in [0.29, 0.717) is 24.7 Å². The second-order valence-electron chi connectivity index (χ2n) is 6.72. The minimum atomic E-state index is 0. The zero-order valence-corrected chi connectivity index (χ0v) is 14.1. The lowest BCUT2D eigenvalue weighted by molar-refractivity contribution is -0.123. The highest BCUT2D eigenvalue weighted by atomic mass is 35.5. The Bertz CT molecular complexity index is 355. The van der Waals surface area contributed by atoms with Crippen LogP contribution in [0.15, 0.2) is 0 Å². The number of piperidine rings is 1. The molecule has 0 bridgehead atoms. The Balaban J connectivity index is 0.00000176. The Morgan fingerprint density at radius 2 is 2.18 bits per heavy atom. The number of hydrogen-bond donors (Lipinski definition) is 2. The molecule has 1 saturated carbocycles. The number of nitrogens with one attached hydrogen (secondary N) is 2. The van der Waals surface area contributed by atoms with Crippen molar-refractivity contribution in [1.29, 1.82) is 0 Å². The van der Waals surface area contributed by atoms with E-state index in [1.165, 1.54) is 0 Å². The van der Waals surface area contributed by atoms with E-state index in [4.69, 9.17) is 9.47 Å². The zero-order valence-electron chi connectivity index (χ0n) is 13.3. The van der Waals surface area contributed by atoms with Crippen LogP contribution in [0, 0.1) is 11.3 Å². The van der Waals surface area contributed by atoms with Crippen molar-refractivity contribution in [1.82, 2.24) is 10.6 Å². The number of ether oxygens (including phenoxy) is 2. The lowest BCUT2D eigenvalue weighted by Crippen LogP contribution is -2.34. The first-order chi connectivity index (χ1) is 10.3. The average molecular weight is 333 g/mol. The SMILES string of the molecule is Cl.O=C(NCCCOCC1CCCO1)C1CC12CCNCC2. The van der Waals surface area contributed by atoms with Crippen molar-refractivity contribution < 1.29 is 14.3 Å². The van der Waals surface area contributed by atoms with Crippen LogP contribution in [0.4, 0.5) is 0 Å². The molecule has 2 aliphatic heterocycles. The third-order valence-electron chi connectivity index (χ3n) is 5.20. The highest BCUT2D eigenvalue weighted by Crippen LogP contribution is 2.58. The van der Waals surface area contributed by atoms with E-state index < -0.39 is 0 Å². The molecule has 0 aromatic heterocycles. The summed E-state index contributed by atoms with van der Waals surface area (Å²) in [6.07, 6.45) is 6.88. The van der Waals surface area contributed by atoms with Gasteiger partial charge in [-0.3, -0.25) is 4.79 Å². The Kier molecular flexibility index (Phi) is 6.93. The van der Waals surface area contributed by atoms with Crippen LogP contribution >= 0.6 is 12.4 Å². The van der Waals surface area contributed by atoms with E-state index in [9.17, 15) is 4.79 Å². The van der Waals surface area contributed by atoms with Crippen LogP contribution in [-0.4, -0.2) is 51.5 Å². The molecular weight excluding hydrogens is 304 g/mol. The fraction of sp³-hybridized carbons (Fsp3) is 0.938. The summed E-state index contributed by atoms with van der Waals surface area (Å²) in [4.78, 5) is 12.1. The van der Waals surface area contributed by atoms with Gasteiger partial charge in [0.1, 0.15) is 0 Å². The third-order valence-corrected chi connectivity index (χ3v) is 5.20. The molecule has 1 amide bonds. The predicted octanol–water partition coefficient (Wildman–Crippen LogP) is 1.50. The van der Waals surface area contributed by atoms with E-state index in [1.54, 1.807) is 0 Å². The van der Waals surface area contributed by atoms with Crippen molar-refractivity contribution >= 4 is 18.3 Å². The van der Waals surface area contributed by atoms with E-state index in [-0.39, 0.29) is 24.2 Å². The maximum Gasteiger partial charge on any atom is 0.223 e. The van der Waals surface area contributed by atoms with Gasteiger partial charge in [-0.15, -0.1) is 12.4 Å². The smallest absolute Gasteiger partial charge is 0.223 e. The Hall–Kier alpha value is -0.360. The summed E-state index contributed by atoms with van der Waals surface area (Å²) in [5.74, 6) is 0.531. The van der Waals surface area contributed by atoms with Gasteiger partial charge in [-0.05, 0) is 57.0 Å². The summed E-state index contributed by atoms with van der Waals surface area (Å²) in [7, 11) is 0. The van der Waals surface area contributed by atoms with Crippen molar-refractivity contribution in [2.75, 3.05) is 39.5 Å². The van der Waals surface area contributed by atoms with E-state index in [0.717, 1.165) is 64.8 Å². The zero-order chi connectivity index (χ0) is 14.5. The van der Waals surface area contributed by atoms with Crippen molar-refractivity contribution in [2.45, 2.75) is 44.6 Å². The minimum Gasteiger partial charge on any atom is -0.379 e. The molecule has 3 aliphatic rings. The quantitative estimate of drug-likeness (QED) is 0.694. The molecule has 128 valence electrons. The molecule has 2 N–H and O–H groups in total. The second kappa shape index (κ2) is 8.48. The van der Waals surface area contributed by atoms with Gasteiger partial charge in [0.05, 0.1) is 12.7 Å². The summed E-state index contributed by atoms with van der Waals surface area (Å²) < 4.78 is 11.1. The molecule has 2 atom stereocenters. The molecule has 2 heterocycles. The highest BCUT2D eigenvalue weighted by Gasteiger charge is 2.57. The molecule has 1 spiro atoms. The van der Waals surface area contributed by atoms with Gasteiger partial charge in [0, 0.05) is 25.7 Å². The highest BCUT2D eigenvalue weighted by molar-refractivity contribution is 5.85. The van der Waals surface area contributed by atoms with Crippen molar-refractivity contribution in [2.24, 2.45) is 11.3 Å². The average Bonchev–Trinajstić information content (AvgIpc) is 2.96. The molecule has 6 heteroatoms. The van der Waals surface area contributed by atoms with Crippen molar-refractivity contribution in [3.63, 3.8) is 0 Å². The first-order valence-corrected chi connectivity index (χ1v) is 8.48. The van der Waals surface area contributed by atoms with Gasteiger partial charge in [-0.25, -0.2) is 0 Å². The van der Waals surface area contributed by atoms with Crippen LogP contribution in [0.3, 0.4) is 0 Å². The standard InChI is InChI=1S/C16H28N2O3.ClH/c19-15(14-11-16(14)4-7-17-8-5-16)18-6-2-9-20-12-13-3-1-10-21-13;/h13-14,17H,1-12H2,(H,18,19);1H. The summed E-state index contributed by atoms with van der Waals surface area (Å²) >= 11 is 0. The number of carbonyl (C=O) groups excluding carboxylic acids is 1. The predicted molar refractivity (Wildman–Crippen MR) is 87.3 cm³/mol. The van der Waals surface area contributed by atoms with E-state index >= 15 is 0 Å². The van der Waals surface area contributed by atoms with Crippen LogP contribution in [0.2, 0.25) is 0 Å². The van der Waals surface area contributed by atoms with E-state index in [2.05, 4.69) is 10.6 Å². The second-order valence-corrected chi connectivity index (χ2v) is 6.72. The number of halogens is 1. The van der Waals surface area contributed by atoms with Gasteiger partial charge < -0.3 is 20.1 Å². The number of carbonyl (C=O) groups is 1. The Labute approximate surface area is 139 Å². The lowest BCUT2D eigenvalue weighted by atomic mass is 9.92. The van der Waals surface area contributed by atoms with Crippen LogP contribution in [0.5, 0.6) is 0 Å². The van der Waals surface area contributed by atoms with Gasteiger partial charge in [-0.1, -0.05) is 0 Å². The van der Waals surface area contributed by atoms with Crippen molar-refractivity contribution in [3.8, 4) is 0 Å². The van der Waals surface area contributed by atoms with Gasteiger partial charge >= 0.3 is 0 Å². The first kappa shape index (κ1) is 18.0. The van der Waals surface area contributed by atoms with Gasteiger partial charge in [0.25, 0.3) is 0 Å². The maximum absolute atomic E-state index is 12.1. The molecule has 0 aromatic carbocycles. The summed E-state index contributed by atoms with van der Waals surface area (Å²) in [5.41, 5.74) is 0.339. The topological polar surface area (TPSA) is 59.6 Å². The van der Waals surface area contributed by atoms with Crippen LogP contribution in [0.1, 0.15) is 38.5 Å². The number of hydrogen-bond acceptors (Lipinski definition) is 4. The van der Waals surface area contributed by atoms with Crippen LogP contribution in [0.25, 0.3) is 0 Å².